The molecule has 0 aliphatic carbocycles. The highest BCUT2D eigenvalue weighted by atomic mass is 16.6. The molecule has 0 aromatic heterocycles. The van der Waals surface area contributed by atoms with Gasteiger partial charge in [0, 0.05) is 12.1 Å². The van der Waals surface area contributed by atoms with Crippen molar-refractivity contribution in [2.75, 3.05) is 38.8 Å². The van der Waals surface area contributed by atoms with Gasteiger partial charge in [0.15, 0.2) is 0 Å². The van der Waals surface area contributed by atoms with E-state index in [0.717, 1.165) is 10.5 Å². The summed E-state index contributed by atoms with van der Waals surface area (Å²) >= 11 is 0. The topological polar surface area (TPSA) is 175 Å². The van der Waals surface area contributed by atoms with E-state index in [9.17, 15) is 29.4 Å². The van der Waals surface area contributed by atoms with E-state index in [2.05, 4.69) is 17.2 Å². The number of esters is 2. The van der Waals surface area contributed by atoms with Gasteiger partial charge in [-0.15, -0.1) is 0 Å². The number of nitrogens with one attached hydrogen (secondary N) is 1. The summed E-state index contributed by atoms with van der Waals surface area (Å²) in [5.41, 5.74) is 1.17. The number of ether oxygens (including phenoxy) is 3. The SMILES string of the molecule is COC(=O)[C@@H](NC(=O)N1C(=O)[C@@]2(c3cc(C#CCN(C)Cc4ccccc4)ccc31)[C@H](C(=O)O)[C@H]1C(=O)O[C@H](c3ccccc3)[C@H](c3ccccc3)N1[C@@H]2c1cccc(OCCO)c1)C(C)C. The highest BCUT2D eigenvalue weighted by Crippen LogP contribution is 2.66. The van der Waals surface area contributed by atoms with E-state index in [1.54, 1.807) is 61.2 Å². The molecule has 0 unspecified atom stereocenters. The lowest BCUT2D eigenvalue weighted by Crippen LogP contribution is -2.56. The number of urea groups is 1. The van der Waals surface area contributed by atoms with Gasteiger partial charge in [0.1, 0.15) is 41.9 Å². The number of aliphatic hydroxyl groups is 1. The van der Waals surface area contributed by atoms with Gasteiger partial charge in [0.05, 0.1) is 38.0 Å². The Kier molecular flexibility index (Phi) is 13.6. The number of benzene rings is 5. The number of nitrogens with zero attached hydrogens (tertiary/aromatic N) is 3. The number of amides is 3. The van der Waals surface area contributed by atoms with Gasteiger partial charge in [0.25, 0.3) is 0 Å². The zero-order chi connectivity index (χ0) is 47.4. The van der Waals surface area contributed by atoms with Crippen LogP contribution >= 0.6 is 0 Å². The van der Waals surface area contributed by atoms with Crippen LogP contribution in [0.4, 0.5) is 10.5 Å². The first-order valence-corrected chi connectivity index (χ1v) is 22.1. The van der Waals surface area contributed by atoms with E-state index >= 15 is 4.79 Å². The lowest BCUT2D eigenvalue weighted by Gasteiger charge is -2.46. The Morgan fingerprint density at radius 1 is 0.851 bits per heavy atom. The second-order valence-corrected chi connectivity index (χ2v) is 17.3. The minimum absolute atomic E-state index is 0.0506. The van der Waals surface area contributed by atoms with Gasteiger partial charge in [-0.1, -0.05) is 129 Å². The molecule has 0 saturated carbocycles. The summed E-state index contributed by atoms with van der Waals surface area (Å²) in [4.78, 5) is 78.2. The first-order chi connectivity index (χ1) is 32.4. The minimum atomic E-state index is -2.24. The van der Waals surface area contributed by atoms with E-state index in [1.807, 2.05) is 103 Å². The fourth-order valence-electron chi connectivity index (χ4n) is 9.95. The number of hydrogen-bond donors (Lipinski definition) is 3. The van der Waals surface area contributed by atoms with Crippen molar-refractivity contribution in [2.24, 2.45) is 11.8 Å². The van der Waals surface area contributed by atoms with Crippen LogP contribution in [-0.4, -0.2) is 95.9 Å². The predicted octanol–water partition coefficient (Wildman–Crippen LogP) is 6.20. The Morgan fingerprint density at radius 3 is 2.15 bits per heavy atom. The van der Waals surface area contributed by atoms with Crippen molar-refractivity contribution in [3.05, 3.63) is 167 Å². The molecule has 3 N–H and O–H groups in total. The van der Waals surface area contributed by atoms with Crippen LogP contribution < -0.4 is 15.0 Å². The standard InChI is InChI=1S/C53H52N4O10/c1-33(2)43(49(61)65-4)54-52(64)56-41-26-25-34(18-15-27-55(3)32-35-16-8-5-9-17-35)30-40(41)53(51(56)63)42(48(59)60)45-50(62)67-46(37-21-12-7-13-22-37)44(36-19-10-6-11-20-36)57(45)47(53)38-23-14-24-39(31-38)66-29-28-58/h5-14,16-17,19-26,30-31,33,42-47,58H,27-29,32H2,1-4H3,(H,54,64)(H,59,60)/t42-,43-,44-,45-,46+,47+,53-/m0/s1. The molecule has 3 aliphatic rings. The molecule has 5 aromatic carbocycles. The number of fused-ring (bicyclic) bond motifs is 3. The van der Waals surface area contributed by atoms with Crippen molar-refractivity contribution in [3.8, 4) is 17.6 Å². The largest absolute Gasteiger partial charge is 0.491 e. The maximum Gasteiger partial charge on any atom is 0.329 e. The maximum absolute atomic E-state index is 16.2. The van der Waals surface area contributed by atoms with Crippen LogP contribution in [0.3, 0.4) is 0 Å². The number of carboxylic acid groups (broad SMARTS) is 1. The fourth-order valence-corrected chi connectivity index (χ4v) is 9.95. The number of carboxylic acids is 1. The monoisotopic (exact) mass is 904 g/mol. The Bertz CT molecular complexity index is 2710. The highest BCUT2D eigenvalue weighted by Gasteiger charge is 2.76. The van der Waals surface area contributed by atoms with Gasteiger partial charge in [-0.2, -0.15) is 0 Å². The number of aliphatic hydroxyl groups excluding tert-OH is 1. The minimum Gasteiger partial charge on any atom is -0.491 e. The number of carbonyl (C=O) groups is 5. The number of rotatable bonds is 13. The lowest BCUT2D eigenvalue weighted by molar-refractivity contribution is -0.179. The van der Waals surface area contributed by atoms with Gasteiger partial charge in [-0.05, 0) is 71.1 Å². The number of hydrogen-bond acceptors (Lipinski definition) is 11. The number of carbonyl (C=O) groups excluding carboxylic acids is 4. The van der Waals surface area contributed by atoms with E-state index < -0.39 is 77.4 Å². The quantitative estimate of drug-likeness (QED) is 0.0904. The normalized spacial score (nSPS) is 22.4. The van der Waals surface area contributed by atoms with Crippen molar-refractivity contribution in [1.29, 1.82) is 0 Å². The molecule has 7 atom stereocenters. The Labute approximate surface area is 389 Å². The van der Waals surface area contributed by atoms with Gasteiger partial charge in [0.2, 0.25) is 5.91 Å². The van der Waals surface area contributed by atoms with Crippen molar-refractivity contribution in [2.45, 2.75) is 56.1 Å². The Morgan fingerprint density at radius 2 is 1.51 bits per heavy atom. The van der Waals surface area contributed by atoms with Crippen LogP contribution in [0.1, 0.15) is 65.4 Å². The number of morpholine rings is 1. The summed E-state index contributed by atoms with van der Waals surface area (Å²) in [6, 6.07) is 33.9. The van der Waals surface area contributed by atoms with E-state index in [0.29, 0.717) is 41.1 Å². The summed E-state index contributed by atoms with van der Waals surface area (Å²) in [6.07, 6.45) is -0.986. The van der Waals surface area contributed by atoms with Crippen molar-refractivity contribution >= 4 is 35.5 Å². The molecule has 3 heterocycles. The highest BCUT2D eigenvalue weighted by molar-refractivity contribution is 6.24. The molecule has 67 heavy (non-hydrogen) atoms. The average molecular weight is 905 g/mol. The molecule has 344 valence electrons. The summed E-state index contributed by atoms with van der Waals surface area (Å²) in [7, 11) is 3.13. The molecule has 3 aliphatic heterocycles. The third-order valence-corrected chi connectivity index (χ3v) is 12.7. The summed E-state index contributed by atoms with van der Waals surface area (Å²) in [5.74, 6) is 0.365. The third-order valence-electron chi connectivity index (χ3n) is 12.7. The average Bonchev–Trinajstić information content (AvgIpc) is 3.79. The first-order valence-electron chi connectivity index (χ1n) is 22.1. The van der Waals surface area contributed by atoms with Crippen LogP contribution in [0.25, 0.3) is 0 Å². The van der Waals surface area contributed by atoms with Crippen molar-refractivity contribution < 1.29 is 48.4 Å². The van der Waals surface area contributed by atoms with Crippen molar-refractivity contribution in [3.63, 3.8) is 0 Å². The molecule has 0 bridgehead atoms. The molecular formula is C53H52N4O10. The second kappa shape index (κ2) is 19.7. The lowest BCUT2D eigenvalue weighted by atomic mass is 9.65. The smallest absolute Gasteiger partial charge is 0.329 e. The summed E-state index contributed by atoms with van der Waals surface area (Å²) < 4.78 is 17.3. The second-order valence-electron chi connectivity index (χ2n) is 17.3. The molecule has 1 spiro atoms. The van der Waals surface area contributed by atoms with Gasteiger partial charge in [-0.25, -0.2) is 14.5 Å². The van der Waals surface area contributed by atoms with Crippen LogP contribution in [0, 0.1) is 23.7 Å². The maximum atomic E-state index is 16.2. The van der Waals surface area contributed by atoms with Crippen LogP contribution in [0.15, 0.2) is 133 Å². The number of imide groups is 1. The van der Waals surface area contributed by atoms with Crippen LogP contribution in [-0.2, 0) is 40.6 Å². The third kappa shape index (κ3) is 8.65. The molecule has 2 fully saturated rings. The Hall–Kier alpha value is -7.31. The first kappa shape index (κ1) is 46.2. The van der Waals surface area contributed by atoms with E-state index in [-0.39, 0.29) is 24.5 Å². The van der Waals surface area contributed by atoms with Crippen LogP contribution in [0.2, 0.25) is 0 Å². The van der Waals surface area contributed by atoms with Gasteiger partial charge in [-0.3, -0.25) is 24.2 Å². The molecule has 8 rings (SSSR count). The van der Waals surface area contributed by atoms with Crippen molar-refractivity contribution in [1.82, 2.24) is 15.1 Å². The number of anilines is 1. The molecule has 2 saturated heterocycles. The number of aliphatic carboxylic acids is 1. The van der Waals surface area contributed by atoms with Gasteiger partial charge >= 0.3 is 23.9 Å². The summed E-state index contributed by atoms with van der Waals surface area (Å²) in [6.45, 7) is 4.05. The number of cyclic esters (lactones) is 1. The zero-order valence-corrected chi connectivity index (χ0v) is 37.6. The zero-order valence-electron chi connectivity index (χ0n) is 37.6. The predicted molar refractivity (Wildman–Crippen MR) is 247 cm³/mol. The fraction of sp³-hybridized carbons (Fsp3) is 0.302. The molecular weight excluding hydrogens is 853 g/mol. The summed E-state index contributed by atoms with van der Waals surface area (Å²) in [5, 5.41) is 24.1. The van der Waals surface area contributed by atoms with Crippen LogP contribution in [0.5, 0.6) is 5.75 Å². The number of methoxy groups -OCH3 is 1. The van der Waals surface area contributed by atoms with Gasteiger partial charge < -0.3 is 29.7 Å². The molecule has 5 aromatic rings. The molecule has 14 nitrogen and oxygen atoms in total. The van der Waals surface area contributed by atoms with E-state index in [1.165, 1.54) is 7.11 Å². The van der Waals surface area contributed by atoms with E-state index in [4.69, 9.17) is 14.2 Å². The molecule has 3 amide bonds. The molecule has 0 radical (unpaired) electrons. The molecule has 14 heteroatoms. The Balaban J connectivity index is 1.38.